The van der Waals surface area contributed by atoms with Gasteiger partial charge >= 0.3 is 0 Å². The molecule has 6 heteroatoms. The number of nitrogen functional groups attached to an aromatic ring is 1. The predicted molar refractivity (Wildman–Crippen MR) is 136 cm³/mol. The molecule has 33 heavy (non-hydrogen) atoms. The van der Waals surface area contributed by atoms with Crippen molar-refractivity contribution in [1.82, 2.24) is 15.0 Å². The number of hydrogen-bond acceptors (Lipinski definition) is 5. The van der Waals surface area contributed by atoms with Crippen LogP contribution in [0.4, 0.5) is 5.69 Å². The van der Waals surface area contributed by atoms with Gasteiger partial charge in [0.15, 0.2) is 5.82 Å². The summed E-state index contributed by atoms with van der Waals surface area (Å²) in [7, 11) is 0. The molecule has 0 fully saturated rings. The molecule has 0 amide bonds. The molecular formula is C27H24N4OS. The van der Waals surface area contributed by atoms with Gasteiger partial charge in [-0.3, -0.25) is 4.79 Å². The molecular weight excluding hydrogens is 428 g/mol. The van der Waals surface area contributed by atoms with Crippen LogP contribution in [0.1, 0.15) is 41.6 Å². The molecule has 3 N–H and O–H groups in total. The molecule has 3 aromatic heterocycles. The van der Waals surface area contributed by atoms with Crippen LogP contribution < -0.4 is 11.3 Å². The van der Waals surface area contributed by atoms with Gasteiger partial charge in [0.05, 0.1) is 21.5 Å². The Hall–Kier alpha value is -3.51. The van der Waals surface area contributed by atoms with Crippen molar-refractivity contribution >= 4 is 38.1 Å². The van der Waals surface area contributed by atoms with Crippen molar-refractivity contribution in [3.63, 3.8) is 0 Å². The number of H-pyrrole nitrogens is 1. The van der Waals surface area contributed by atoms with Gasteiger partial charge in [-0.15, -0.1) is 11.3 Å². The molecule has 0 radical (unpaired) electrons. The lowest BCUT2D eigenvalue weighted by molar-refractivity contribution is 0.464. The standard InChI is InChI=1S/C27H24N4OS/c1-14-12-18(16-8-4-3-5-9-16)21-15(2)29-27-22(19(21)13-14)23(28)24(33-27)25-30-20-11-7-6-10-17(20)26(32)31-25/h3-11,14,18H,12-13,28H2,1-2H3,(H,30,31,32). The Morgan fingerprint density at radius 2 is 1.82 bits per heavy atom. The van der Waals surface area contributed by atoms with Crippen LogP contribution in [0.5, 0.6) is 0 Å². The zero-order valence-electron chi connectivity index (χ0n) is 18.6. The summed E-state index contributed by atoms with van der Waals surface area (Å²) >= 11 is 1.51. The Morgan fingerprint density at radius 3 is 2.64 bits per heavy atom. The summed E-state index contributed by atoms with van der Waals surface area (Å²) < 4.78 is 0. The molecule has 0 bridgehead atoms. The highest BCUT2D eigenvalue weighted by Gasteiger charge is 2.31. The summed E-state index contributed by atoms with van der Waals surface area (Å²) in [5.74, 6) is 1.35. The van der Waals surface area contributed by atoms with Gasteiger partial charge in [0, 0.05) is 17.0 Å². The van der Waals surface area contributed by atoms with E-state index in [2.05, 4.69) is 49.2 Å². The molecule has 2 atom stereocenters. The van der Waals surface area contributed by atoms with E-state index in [0.717, 1.165) is 33.6 Å². The van der Waals surface area contributed by atoms with Crippen molar-refractivity contribution in [3.05, 3.63) is 87.3 Å². The molecule has 0 saturated heterocycles. The van der Waals surface area contributed by atoms with Crippen molar-refractivity contribution in [1.29, 1.82) is 0 Å². The summed E-state index contributed by atoms with van der Waals surface area (Å²) in [4.78, 5) is 27.0. The number of para-hydroxylation sites is 1. The van der Waals surface area contributed by atoms with Gasteiger partial charge in [0.2, 0.25) is 0 Å². The highest BCUT2D eigenvalue weighted by atomic mass is 32.1. The number of thiophene rings is 1. The number of anilines is 1. The highest BCUT2D eigenvalue weighted by Crippen LogP contribution is 2.48. The van der Waals surface area contributed by atoms with Gasteiger partial charge in [-0.2, -0.15) is 0 Å². The number of hydrogen-bond donors (Lipinski definition) is 2. The Kier molecular flexibility index (Phi) is 4.59. The van der Waals surface area contributed by atoms with E-state index >= 15 is 0 Å². The zero-order valence-corrected chi connectivity index (χ0v) is 19.4. The first-order chi connectivity index (χ1) is 16.0. The Balaban J connectivity index is 1.60. The Labute approximate surface area is 195 Å². The lowest BCUT2D eigenvalue weighted by Gasteiger charge is -2.32. The van der Waals surface area contributed by atoms with Gasteiger partial charge in [0.1, 0.15) is 4.83 Å². The average Bonchev–Trinajstić information content (AvgIpc) is 3.15. The van der Waals surface area contributed by atoms with E-state index in [9.17, 15) is 4.79 Å². The van der Waals surface area contributed by atoms with Crippen molar-refractivity contribution < 1.29 is 0 Å². The first-order valence-electron chi connectivity index (χ1n) is 11.3. The second-order valence-corrected chi connectivity index (χ2v) is 10.1. The molecule has 1 aliphatic rings. The lowest BCUT2D eigenvalue weighted by Crippen LogP contribution is -2.20. The second kappa shape index (κ2) is 7.52. The number of benzene rings is 2. The summed E-state index contributed by atoms with van der Waals surface area (Å²) in [5, 5.41) is 1.60. The number of aromatic nitrogens is 3. The van der Waals surface area contributed by atoms with E-state index in [4.69, 9.17) is 15.7 Å². The number of pyridine rings is 1. The molecule has 1 aliphatic carbocycles. The Bertz CT molecular complexity index is 1590. The maximum absolute atomic E-state index is 12.7. The fraction of sp³-hybridized carbons (Fsp3) is 0.222. The monoisotopic (exact) mass is 452 g/mol. The van der Waals surface area contributed by atoms with E-state index in [1.54, 1.807) is 6.07 Å². The lowest BCUT2D eigenvalue weighted by atomic mass is 9.73. The van der Waals surface area contributed by atoms with Crippen LogP contribution in [0.2, 0.25) is 0 Å². The largest absolute Gasteiger partial charge is 0.397 e. The van der Waals surface area contributed by atoms with Crippen LogP contribution >= 0.6 is 11.3 Å². The number of rotatable bonds is 2. The molecule has 0 aliphatic heterocycles. The van der Waals surface area contributed by atoms with Gasteiger partial charge in [-0.05, 0) is 54.5 Å². The quantitative estimate of drug-likeness (QED) is 0.354. The number of nitrogens with one attached hydrogen (secondary N) is 1. The highest BCUT2D eigenvalue weighted by molar-refractivity contribution is 7.22. The van der Waals surface area contributed by atoms with Crippen LogP contribution in [0.3, 0.4) is 0 Å². The molecule has 2 aromatic carbocycles. The molecule has 3 heterocycles. The van der Waals surface area contributed by atoms with Crippen molar-refractivity contribution in [2.75, 3.05) is 5.73 Å². The third-order valence-electron chi connectivity index (χ3n) is 6.78. The van der Waals surface area contributed by atoms with E-state index in [0.29, 0.717) is 34.3 Å². The van der Waals surface area contributed by atoms with Crippen LogP contribution in [0, 0.1) is 12.8 Å². The molecule has 5 nitrogen and oxygen atoms in total. The van der Waals surface area contributed by atoms with E-state index in [1.807, 2.05) is 18.2 Å². The van der Waals surface area contributed by atoms with E-state index in [1.165, 1.54) is 28.0 Å². The third kappa shape index (κ3) is 3.16. The minimum atomic E-state index is -0.156. The Morgan fingerprint density at radius 1 is 1.06 bits per heavy atom. The topological polar surface area (TPSA) is 84.7 Å². The smallest absolute Gasteiger partial charge is 0.259 e. The van der Waals surface area contributed by atoms with Gasteiger partial charge in [0.25, 0.3) is 5.56 Å². The van der Waals surface area contributed by atoms with Crippen molar-refractivity contribution in [3.8, 4) is 10.7 Å². The minimum Gasteiger partial charge on any atom is -0.397 e. The number of nitrogens with two attached hydrogens (primary N) is 1. The number of nitrogens with zero attached hydrogens (tertiary/aromatic N) is 2. The summed E-state index contributed by atoms with van der Waals surface area (Å²) in [6, 6.07) is 18.1. The maximum Gasteiger partial charge on any atom is 0.259 e. The molecule has 0 spiro atoms. The van der Waals surface area contributed by atoms with Gasteiger partial charge in [-0.1, -0.05) is 49.4 Å². The maximum atomic E-state index is 12.7. The minimum absolute atomic E-state index is 0.156. The van der Waals surface area contributed by atoms with Gasteiger partial charge < -0.3 is 10.7 Å². The van der Waals surface area contributed by atoms with Crippen LogP contribution in [0.25, 0.3) is 31.8 Å². The fourth-order valence-electron chi connectivity index (χ4n) is 5.35. The van der Waals surface area contributed by atoms with Crippen LogP contribution in [-0.2, 0) is 6.42 Å². The first-order valence-corrected chi connectivity index (χ1v) is 12.1. The van der Waals surface area contributed by atoms with E-state index < -0.39 is 0 Å². The summed E-state index contributed by atoms with van der Waals surface area (Å²) in [5.41, 5.74) is 12.9. The molecule has 2 unspecified atom stereocenters. The number of aromatic amines is 1. The van der Waals surface area contributed by atoms with Crippen molar-refractivity contribution in [2.24, 2.45) is 5.92 Å². The summed E-state index contributed by atoms with van der Waals surface area (Å²) in [6.45, 7) is 4.42. The molecule has 5 aromatic rings. The van der Waals surface area contributed by atoms with Gasteiger partial charge in [-0.25, -0.2) is 9.97 Å². The zero-order chi connectivity index (χ0) is 22.7. The van der Waals surface area contributed by atoms with E-state index in [-0.39, 0.29) is 5.56 Å². The normalized spacial score (nSPS) is 18.0. The third-order valence-corrected chi connectivity index (χ3v) is 7.89. The average molecular weight is 453 g/mol. The van der Waals surface area contributed by atoms with Crippen molar-refractivity contribution in [2.45, 2.75) is 32.6 Å². The fourth-order valence-corrected chi connectivity index (χ4v) is 6.47. The van der Waals surface area contributed by atoms with Crippen LogP contribution in [0.15, 0.2) is 59.4 Å². The molecule has 0 saturated carbocycles. The number of aryl methyl sites for hydroxylation is 1. The summed E-state index contributed by atoms with van der Waals surface area (Å²) in [6.07, 6.45) is 2.07. The second-order valence-electron chi connectivity index (χ2n) is 9.05. The number of fused-ring (bicyclic) bond motifs is 4. The van der Waals surface area contributed by atoms with Crippen LogP contribution in [-0.4, -0.2) is 15.0 Å². The first kappa shape index (κ1) is 20.1. The molecule has 6 rings (SSSR count). The predicted octanol–water partition coefficient (Wildman–Crippen LogP) is 5.80. The SMILES string of the molecule is Cc1nc2sc(-c3nc4ccccc4c(=O)[nH]3)c(N)c2c2c1C(c1ccccc1)CC(C)C2. The molecule has 164 valence electrons.